The van der Waals surface area contributed by atoms with Crippen molar-refractivity contribution in [3.05, 3.63) is 23.7 Å². The highest BCUT2D eigenvalue weighted by molar-refractivity contribution is 5.86. The molecule has 4 heteroatoms. The molecular formula is C8H7NO3. The number of carbonyl (C=O) groups is 1. The maximum absolute atomic E-state index is 10.9. The van der Waals surface area contributed by atoms with Crippen LogP contribution in [0.4, 0.5) is 0 Å². The fraction of sp³-hybridized carbons (Fsp3) is 0.250. The highest BCUT2D eigenvalue weighted by Gasteiger charge is 2.11. The minimum Gasteiger partial charge on any atom is -0.460 e. The minimum atomic E-state index is -0.543. The van der Waals surface area contributed by atoms with E-state index >= 15 is 0 Å². The molecule has 1 heterocycles. The summed E-state index contributed by atoms with van der Waals surface area (Å²) >= 11 is 0. The van der Waals surface area contributed by atoms with Crippen molar-refractivity contribution in [3.63, 3.8) is 0 Å². The summed E-state index contributed by atoms with van der Waals surface area (Å²) in [4.78, 5) is 10.9. The van der Waals surface area contributed by atoms with E-state index in [1.54, 1.807) is 6.92 Å². The van der Waals surface area contributed by atoms with Gasteiger partial charge in [-0.25, -0.2) is 4.79 Å². The Labute approximate surface area is 69.4 Å². The minimum absolute atomic E-state index is 0.0633. The van der Waals surface area contributed by atoms with Crippen LogP contribution in [0.15, 0.2) is 16.7 Å². The second-order valence-electron chi connectivity index (χ2n) is 2.03. The van der Waals surface area contributed by atoms with Crippen LogP contribution >= 0.6 is 0 Å². The number of hydrogen-bond acceptors (Lipinski definition) is 4. The van der Waals surface area contributed by atoms with E-state index in [1.165, 1.54) is 12.3 Å². The van der Waals surface area contributed by atoms with Gasteiger partial charge >= 0.3 is 5.97 Å². The van der Waals surface area contributed by atoms with Gasteiger partial charge < -0.3 is 9.15 Å². The van der Waals surface area contributed by atoms with Crippen molar-refractivity contribution in [2.24, 2.45) is 0 Å². The standard InChI is InChI=1S/C8H7NO3/c1-2-11-8(10)7-3-6(4-9)5-12-7/h3,5H,2H2,1H3. The summed E-state index contributed by atoms with van der Waals surface area (Å²) in [5, 5.41) is 8.40. The maximum Gasteiger partial charge on any atom is 0.374 e. The average Bonchev–Trinajstić information content (AvgIpc) is 2.52. The predicted octanol–water partition coefficient (Wildman–Crippen LogP) is 1.33. The molecule has 0 saturated carbocycles. The lowest BCUT2D eigenvalue weighted by Gasteiger charge is -1.95. The summed E-state index contributed by atoms with van der Waals surface area (Å²) in [6.45, 7) is 1.99. The van der Waals surface area contributed by atoms with E-state index in [9.17, 15) is 4.79 Å². The smallest absolute Gasteiger partial charge is 0.374 e. The monoisotopic (exact) mass is 165 g/mol. The van der Waals surface area contributed by atoms with Crippen molar-refractivity contribution in [2.45, 2.75) is 6.92 Å². The molecule has 0 spiro atoms. The first kappa shape index (κ1) is 8.34. The predicted molar refractivity (Wildman–Crippen MR) is 39.4 cm³/mol. The summed E-state index contributed by atoms with van der Waals surface area (Å²) in [6, 6.07) is 3.19. The fourth-order valence-corrected chi connectivity index (χ4v) is 0.704. The molecule has 0 aliphatic rings. The van der Waals surface area contributed by atoms with Gasteiger partial charge in [0.05, 0.1) is 12.2 Å². The molecule has 12 heavy (non-hydrogen) atoms. The molecule has 0 fully saturated rings. The molecule has 0 aromatic carbocycles. The van der Waals surface area contributed by atoms with E-state index < -0.39 is 5.97 Å². The van der Waals surface area contributed by atoms with Gasteiger partial charge in [-0.2, -0.15) is 5.26 Å². The number of esters is 1. The first-order chi connectivity index (χ1) is 5.77. The van der Waals surface area contributed by atoms with Crippen molar-refractivity contribution in [2.75, 3.05) is 6.61 Å². The number of nitriles is 1. The van der Waals surface area contributed by atoms with Gasteiger partial charge in [0.15, 0.2) is 0 Å². The van der Waals surface area contributed by atoms with Gasteiger partial charge in [-0.15, -0.1) is 0 Å². The number of ether oxygens (including phenoxy) is 1. The molecule has 1 aromatic heterocycles. The molecule has 62 valence electrons. The quantitative estimate of drug-likeness (QED) is 0.620. The molecule has 0 radical (unpaired) electrons. The van der Waals surface area contributed by atoms with Crippen LogP contribution in [-0.4, -0.2) is 12.6 Å². The number of hydrogen-bond donors (Lipinski definition) is 0. The van der Waals surface area contributed by atoms with E-state index in [-0.39, 0.29) is 5.76 Å². The molecule has 4 nitrogen and oxygen atoms in total. The number of furan rings is 1. The Hall–Kier alpha value is -1.76. The fourth-order valence-electron chi connectivity index (χ4n) is 0.704. The molecule has 0 bridgehead atoms. The largest absolute Gasteiger partial charge is 0.460 e. The molecule has 1 aromatic rings. The lowest BCUT2D eigenvalue weighted by Crippen LogP contribution is -2.02. The topological polar surface area (TPSA) is 63.2 Å². The van der Waals surface area contributed by atoms with Crippen molar-refractivity contribution in [1.82, 2.24) is 0 Å². The summed E-state index contributed by atoms with van der Waals surface area (Å²) in [7, 11) is 0. The Morgan fingerprint density at radius 2 is 2.58 bits per heavy atom. The Balaban J connectivity index is 2.76. The summed E-state index contributed by atoms with van der Waals surface area (Å²) in [6.07, 6.45) is 1.21. The number of nitrogens with zero attached hydrogens (tertiary/aromatic N) is 1. The average molecular weight is 165 g/mol. The molecule has 0 amide bonds. The van der Waals surface area contributed by atoms with Gasteiger partial charge in [-0.3, -0.25) is 0 Å². The van der Waals surface area contributed by atoms with Crippen molar-refractivity contribution < 1.29 is 13.9 Å². The molecule has 0 N–H and O–H groups in total. The second kappa shape index (κ2) is 3.58. The van der Waals surface area contributed by atoms with Gasteiger partial charge in [0, 0.05) is 6.07 Å². The number of rotatable bonds is 2. The van der Waals surface area contributed by atoms with E-state index in [0.29, 0.717) is 12.2 Å². The molecule has 0 aliphatic heterocycles. The Kier molecular flexibility index (Phi) is 2.49. The highest BCUT2D eigenvalue weighted by Crippen LogP contribution is 2.07. The third-order valence-corrected chi connectivity index (χ3v) is 1.21. The van der Waals surface area contributed by atoms with E-state index in [4.69, 9.17) is 9.68 Å². The van der Waals surface area contributed by atoms with E-state index in [2.05, 4.69) is 4.74 Å². The van der Waals surface area contributed by atoms with Crippen LogP contribution in [0, 0.1) is 11.3 Å². The Morgan fingerprint density at radius 3 is 3.08 bits per heavy atom. The Morgan fingerprint density at radius 1 is 1.83 bits per heavy atom. The second-order valence-corrected chi connectivity index (χ2v) is 2.03. The van der Waals surface area contributed by atoms with Gasteiger partial charge in [0.2, 0.25) is 5.76 Å². The van der Waals surface area contributed by atoms with Gasteiger partial charge in [0.1, 0.15) is 12.3 Å². The third kappa shape index (κ3) is 1.64. The molecule has 1 rings (SSSR count). The summed E-state index contributed by atoms with van der Waals surface area (Å²) in [5.41, 5.74) is 0.318. The van der Waals surface area contributed by atoms with Gasteiger partial charge in [-0.1, -0.05) is 0 Å². The van der Waals surface area contributed by atoms with Crippen LogP contribution in [0.5, 0.6) is 0 Å². The SMILES string of the molecule is CCOC(=O)c1cc(C#N)co1. The van der Waals surface area contributed by atoms with Crippen molar-refractivity contribution in [1.29, 1.82) is 5.26 Å². The summed E-state index contributed by atoms with van der Waals surface area (Å²) in [5.74, 6) is -0.479. The van der Waals surface area contributed by atoms with Crippen LogP contribution in [-0.2, 0) is 4.74 Å². The van der Waals surface area contributed by atoms with Crippen molar-refractivity contribution in [3.8, 4) is 6.07 Å². The zero-order valence-corrected chi connectivity index (χ0v) is 6.53. The van der Waals surface area contributed by atoms with Crippen LogP contribution in [0.3, 0.4) is 0 Å². The third-order valence-electron chi connectivity index (χ3n) is 1.21. The maximum atomic E-state index is 10.9. The van der Waals surface area contributed by atoms with Crippen LogP contribution in [0.2, 0.25) is 0 Å². The van der Waals surface area contributed by atoms with E-state index in [0.717, 1.165) is 0 Å². The lowest BCUT2D eigenvalue weighted by molar-refractivity contribution is 0.0490. The normalized spacial score (nSPS) is 9.00. The molecular weight excluding hydrogens is 158 g/mol. The van der Waals surface area contributed by atoms with Crippen molar-refractivity contribution >= 4 is 5.97 Å². The lowest BCUT2D eigenvalue weighted by atomic mass is 10.3. The first-order valence-corrected chi connectivity index (χ1v) is 3.43. The Bertz CT molecular complexity index is 321. The van der Waals surface area contributed by atoms with Crippen LogP contribution in [0.1, 0.15) is 23.0 Å². The van der Waals surface area contributed by atoms with E-state index in [1.807, 2.05) is 6.07 Å². The molecule has 0 saturated heterocycles. The summed E-state index contributed by atoms with van der Waals surface area (Å²) < 4.78 is 9.42. The zero-order valence-electron chi connectivity index (χ0n) is 6.53. The highest BCUT2D eigenvalue weighted by atomic mass is 16.5. The van der Waals surface area contributed by atoms with Gasteiger partial charge in [-0.05, 0) is 6.92 Å². The van der Waals surface area contributed by atoms with Crippen LogP contribution in [0.25, 0.3) is 0 Å². The molecule has 0 atom stereocenters. The van der Waals surface area contributed by atoms with Crippen LogP contribution < -0.4 is 0 Å². The number of carbonyl (C=O) groups excluding carboxylic acids is 1. The zero-order chi connectivity index (χ0) is 8.97. The first-order valence-electron chi connectivity index (χ1n) is 3.43. The van der Waals surface area contributed by atoms with Gasteiger partial charge in [0.25, 0.3) is 0 Å². The molecule has 0 unspecified atom stereocenters. The molecule has 0 aliphatic carbocycles.